The Bertz CT molecular complexity index is 14.9. The minimum atomic E-state index is 0. The van der Waals surface area contributed by atoms with Gasteiger partial charge in [0.15, 0.2) is 0 Å². The summed E-state index contributed by atoms with van der Waals surface area (Å²) in [5.41, 5.74) is 0. The standard InChI is InChI=1S/3CH2O.Ga/c3*1-2;/h3*1H2;. The number of hydrogen-bond acceptors (Lipinski definition) is 3. The first kappa shape index (κ1) is 30.3. The summed E-state index contributed by atoms with van der Waals surface area (Å²) in [7, 11) is 0. The molecular weight excluding hydrogens is 154 g/mol. The second-order valence-corrected chi connectivity index (χ2v) is 0. The second kappa shape index (κ2) is 975. The molecular formula is C3H6GaO3. The van der Waals surface area contributed by atoms with E-state index < -0.39 is 0 Å². The summed E-state index contributed by atoms with van der Waals surface area (Å²) in [5.74, 6) is 0. The van der Waals surface area contributed by atoms with Crippen LogP contribution in [-0.4, -0.2) is 40.2 Å². The molecule has 0 spiro atoms. The molecule has 0 heterocycles. The van der Waals surface area contributed by atoms with Crippen molar-refractivity contribution in [1.82, 2.24) is 0 Å². The van der Waals surface area contributed by atoms with Crippen molar-refractivity contribution in [1.29, 1.82) is 0 Å². The molecule has 0 aromatic heterocycles. The zero-order valence-electron chi connectivity index (χ0n) is 3.92. The van der Waals surface area contributed by atoms with Gasteiger partial charge in [0.2, 0.25) is 0 Å². The molecule has 0 aliphatic rings. The maximum atomic E-state index is 8.00. The molecule has 7 heavy (non-hydrogen) atoms. The summed E-state index contributed by atoms with van der Waals surface area (Å²) >= 11 is 0. The van der Waals surface area contributed by atoms with Gasteiger partial charge in [-0.2, -0.15) is 0 Å². The van der Waals surface area contributed by atoms with E-state index in [0.717, 1.165) is 0 Å². The molecule has 3 nitrogen and oxygen atoms in total. The van der Waals surface area contributed by atoms with Crippen molar-refractivity contribution in [2.75, 3.05) is 0 Å². The first-order valence-electron chi connectivity index (χ1n) is 0.866. The van der Waals surface area contributed by atoms with Crippen LogP contribution in [-0.2, 0) is 14.4 Å². The SMILES string of the molecule is C=O.C=O.C=O.[Ga]. The normalized spacial score (nSPS) is 1.71. The topological polar surface area (TPSA) is 51.2 Å². The fourth-order valence-electron chi connectivity index (χ4n) is 0. The number of carbonyl (C=O) groups is 3. The van der Waals surface area contributed by atoms with Crippen molar-refractivity contribution in [2.45, 2.75) is 0 Å². The molecule has 0 atom stereocenters. The summed E-state index contributed by atoms with van der Waals surface area (Å²) in [6, 6.07) is 0. The van der Waals surface area contributed by atoms with Crippen LogP contribution in [0, 0.1) is 0 Å². The predicted molar refractivity (Wildman–Crippen MR) is 27.1 cm³/mol. The number of hydrogen-bond donors (Lipinski definition) is 0. The zero-order valence-corrected chi connectivity index (χ0v) is 6.35. The van der Waals surface area contributed by atoms with Crippen LogP contribution >= 0.6 is 0 Å². The van der Waals surface area contributed by atoms with E-state index >= 15 is 0 Å². The van der Waals surface area contributed by atoms with Gasteiger partial charge in [-0.25, -0.2) is 0 Å². The van der Waals surface area contributed by atoms with E-state index in [-0.39, 0.29) is 19.8 Å². The molecule has 0 unspecified atom stereocenters. The van der Waals surface area contributed by atoms with Gasteiger partial charge in [0, 0.05) is 19.8 Å². The van der Waals surface area contributed by atoms with Crippen LogP contribution in [0.2, 0.25) is 0 Å². The molecule has 4 heteroatoms. The van der Waals surface area contributed by atoms with Gasteiger partial charge in [-0.1, -0.05) is 0 Å². The van der Waals surface area contributed by atoms with Crippen LogP contribution in [0.4, 0.5) is 0 Å². The van der Waals surface area contributed by atoms with Crippen molar-refractivity contribution in [3.05, 3.63) is 0 Å². The zero-order chi connectivity index (χ0) is 6.00. The van der Waals surface area contributed by atoms with Crippen LogP contribution in [0.1, 0.15) is 0 Å². The maximum absolute atomic E-state index is 8.00. The molecule has 0 aliphatic heterocycles. The summed E-state index contributed by atoms with van der Waals surface area (Å²) in [6.45, 7) is 6.00. The summed E-state index contributed by atoms with van der Waals surface area (Å²) in [6.07, 6.45) is 0. The fraction of sp³-hybridized carbons (Fsp3) is 0. The smallest absolute Gasteiger partial charge is 0.106 e. The van der Waals surface area contributed by atoms with E-state index in [2.05, 4.69) is 0 Å². The molecule has 0 rings (SSSR count). The Hall–Kier alpha value is -0.354. The van der Waals surface area contributed by atoms with E-state index in [4.69, 9.17) is 14.4 Å². The van der Waals surface area contributed by atoms with E-state index in [1.165, 1.54) is 0 Å². The Balaban J connectivity index is -0.00000000900. The van der Waals surface area contributed by atoms with Gasteiger partial charge in [0.05, 0.1) is 0 Å². The molecule has 39 valence electrons. The van der Waals surface area contributed by atoms with E-state index in [1.807, 2.05) is 20.4 Å². The summed E-state index contributed by atoms with van der Waals surface area (Å²) in [5, 5.41) is 0. The predicted octanol–water partition coefficient (Wildman–Crippen LogP) is -0.936. The fourth-order valence-corrected chi connectivity index (χ4v) is 0. The molecule has 0 saturated heterocycles. The number of carbonyl (C=O) groups excluding carboxylic acids is 3. The van der Waals surface area contributed by atoms with Gasteiger partial charge in [0.25, 0.3) is 0 Å². The van der Waals surface area contributed by atoms with Gasteiger partial charge < -0.3 is 14.4 Å². The molecule has 0 aliphatic carbocycles. The minimum Gasteiger partial charge on any atom is -0.307 e. The Morgan fingerprint density at radius 2 is 0.571 bits per heavy atom. The van der Waals surface area contributed by atoms with Crippen molar-refractivity contribution in [3.8, 4) is 0 Å². The number of rotatable bonds is 0. The van der Waals surface area contributed by atoms with E-state index in [1.54, 1.807) is 0 Å². The Labute approximate surface area is 55.1 Å². The molecule has 0 saturated carbocycles. The summed E-state index contributed by atoms with van der Waals surface area (Å²) < 4.78 is 0. The van der Waals surface area contributed by atoms with Crippen LogP contribution in [0.5, 0.6) is 0 Å². The average Bonchev–Trinajstić information content (AvgIpc) is 1.81. The van der Waals surface area contributed by atoms with Gasteiger partial charge in [0.1, 0.15) is 20.4 Å². The molecule has 0 aromatic carbocycles. The second-order valence-electron chi connectivity index (χ2n) is 0. The van der Waals surface area contributed by atoms with Crippen LogP contribution in [0.25, 0.3) is 0 Å². The molecule has 0 bridgehead atoms. The van der Waals surface area contributed by atoms with Crippen LogP contribution < -0.4 is 0 Å². The van der Waals surface area contributed by atoms with Gasteiger partial charge in [-0.05, 0) is 0 Å². The van der Waals surface area contributed by atoms with Crippen LogP contribution in [0.3, 0.4) is 0 Å². The van der Waals surface area contributed by atoms with Crippen molar-refractivity contribution in [3.63, 3.8) is 0 Å². The minimum absolute atomic E-state index is 0. The van der Waals surface area contributed by atoms with Crippen molar-refractivity contribution >= 4 is 40.2 Å². The summed E-state index contributed by atoms with van der Waals surface area (Å²) in [4.78, 5) is 24.0. The van der Waals surface area contributed by atoms with Crippen molar-refractivity contribution in [2.24, 2.45) is 0 Å². The quantitative estimate of drug-likeness (QED) is 0.429. The van der Waals surface area contributed by atoms with Gasteiger partial charge >= 0.3 is 0 Å². The molecule has 0 fully saturated rings. The first-order valence-corrected chi connectivity index (χ1v) is 0.866. The van der Waals surface area contributed by atoms with Crippen molar-refractivity contribution < 1.29 is 14.4 Å². The van der Waals surface area contributed by atoms with E-state index in [9.17, 15) is 0 Å². The van der Waals surface area contributed by atoms with Crippen LogP contribution in [0.15, 0.2) is 0 Å². The first-order chi connectivity index (χ1) is 3.00. The molecule has 0 amide bonds. The van der Waals surface area contributed by atoms with Gasteiger partial charge in [-0.15, -0.1) is 0 Å². The third-order valence-corrected chi connectivity index (χ3v) is 0. The third-order valence-electron chi connectivity index (χ3n) is 0. The molecule has 0 N–H and O–H groups in total. The Morgan fingerprint density at radius 1 is 0.571 bits per heavy atom. The average molecular weight is 160 g/mol. The van der Waals surface area contributed by atoms with E-state index in [0.29, 0.717) is 0 Å². The van der Waals surface area contributed by atoms with Gasteiger partial charge in [-0.3, -0.25) is 0 Å². The Kier molecular flexibility index (Phi) is 4210. The molecule has 0 aromatic rings. The monoisotopic (exact) mass is 159 g/mol. The Morgan fingerprint density at radius 3 is 0.571 bits per heavy atom. The largest absolute Gasteiger partial charge is 0.307 e. The third kappa shape index (κ3) is 600. The molecule has 3 radical (unpaired) electrons. The maximum Gasteiger partial charge on any atom is 0.106 e.